The van der Waals surface area contributed by atoms with Crippen molar-refractivity contribution in [1.82, 2.24) is 15.5 Å². The average molecular weight is 305 g/mol. The van der Waals surface area contributed by atoms with Crippen molar-refractivity contribution in [1.29, 1.82) is 0 Å². The average Bonchev–Trinajstić information content (AvgIpc) is 2.45. The molecule has 0 bridgehead atoms. The van der Waals surface area contributed by atoms with Crippen molar-refractivity contribution < 1.29 is 19.4 Å². The lowest BCUT2D eigenvalue weighted by molar-refractivity contribution is 0.00402. The van der Waals surface area contributed by atoms with Crippen molar-refractivity contribution in [3.8, 4) is 0 Å². The fraction of sp³-hybridized carbons (Fsp3) is 0.929. The van der Waals surface area contributed by atoms with Gasteiger partial charge in [-0.3, -0.25) is 0 Å². The molecule has 21 heavy (non-hydrogen) atoms. The van der Waals surface area contributed by atoms with Crippen LogP contribution in [0.5, 0.6) is 0 Å². The van der Waals surface area contributed by atoms with E-state index in [1.54, 1.807) is 14.1 Å². The number of aliphatic hydroxyl groups excluding tert-OH is 1. The van der Waals surface area contributed by atoms with Crippen molar-refractivity contribution in [2.45, 2.75) is 25.9 Å². The van der Waals surface area contributed by atoms with Crippen molar-refractivity contribution in [2.24, 2.45) is 0 Å². The van der Waals surface area contributed by atoms with Crippen LogP contribution in [-0.2, 0) is 9.47 Å². The number of nitrogens with one attached hydrogen (secondary N) is 2. The summed E-state index contributed by atoms with van der Waals surface area (Å²) in [7, 11) is 3.38. The Morgan fingerprint density at radius 2 is 1.90 bits per heavy atom. The maximum Gasteiger partial charge on any atom is 0.316 e. The molecule has 0 aliphatic rings. The summed E-state index contributed by atoms with van der Waals surface area (Å²) in [5, 5.41) is 15.4. The molecular weight excluding hydrogens is 274 g/mol. The van der Waals surface area contributed by atoms with E-state index in [9.17, 15) is 9.90 Å². The van der Waals surface area contributed by atoms with E-state index in [0.717, 1.165) is 19.4 Å². The molecule has 7 heteroatoms. The number of urea groups is 1. The van der Waals surface area contributed by atoms with Gasteiger partial charge in [0.25, 0.3) is 0 Å². The van der Waals surface area contributed by atoms with Crippen LogP contribution < -0.4 is 10.6 Å². The third-order valence-corrected chi connectivity index (χ3v) is 2.69. The standard InChI is InChI=1S/C14H31N3O4/c1-4-5-8-20-9-10-21-12-13(18)11-15-6-7-16-14(19)17(2)3/h13,15,18H,4-12H2,1-3H3,(H,16,19). The molecule has 0 fully saturated rings. The van der Waals surface area contributed by atoms with Crippen molar-refractivity contribution in [2.75, 3.05) is 60.2 Å². The molecule has 0 aromatic rings. The molecule has 0 aromatic carbocycles. The number of hydrogen-bond donors (Lipinski definition) is 3. The number of unbranched alkanes of at least 4 members (excludes halogenated alkanes) is 1. The molecule has 0 rings (SSSR count). The highest BCUT2D eigenvalue weighted by Crippen LogP contribution is 1.89. The summed E-state index contributed by atoms with van der Waals surface area (Å²) >= 11 is 0. The second kappa shape index (κ2) is 14.1. The topological polar surface area (TPSA) is 83.1 Å². The predicted molar refractivity (Wildman–Crippen MR) is 82.5 cm³/mol. The van der Waals surface area contributed by atoms with E-state index in [1.165, 1.54) is 4.90 Å². The highest BCUT2D eigenvalue weighted by Gasteiger charge is 2.04. The number of carbonyl (C=O) groups excluding carboxylic acids is 1. The Kier molecular flexibility index (Phi) is 13.5. The van der Waals surface area contributed by atoms with E-state index in [4.69, 9.17) is 9.47 Å². The first-order valence-corrected chi connectivity index (χ1v) is 7.57. The van der Waals surface area contributed by atoms with Crippen LogP contribution >= 0.6 is 0 Å². The van der Waals surface area contributed by atoms with Gasteiger partial charge in [-0.15, -0.1) is 0 Å². The first-order chi connectivity index (χ1) is 10.1. The maximum absolute atomic E-state index is 11.2. The van der Waals surface area contributed by atoms with E-state index >= 15 is 0 Å². The van der Waals surface area contributed by atoms with Gasteiger partial charge in [0.2, 0.25) is 0 Å². The lowest BCUT2D eigenvalue weighted by Gasteiger charge is -2.14. The molecule has 0 saturated carbocycles. The number of hydrogen-bond acceptors (Lipinski definition) is 5. The third kappa shape index (κ3) is 13.8. The fourth-order valence-corrected chi connectivity index (χ4v) is 1.43. The number of carbonyl (C=O) groups is 1. The van der Waals surface area contributed by atoms with E-state index in [-0.39, 0.29) is 12.6 Å². The normalized spacial score (nSPS) is 12.2. The van der Waals surface area contributed by atoms with E-state index in [2.05, 4.69) is 17.6 Å². The summed E-state index contributed by atoms with van der Waals surface area (Å²) in [5.74, 6) is 0. The molecule has 1 unspecified atom stereocenters. The Labute approximate surface area is 128 Å². The molecule has 0 aliphatic heterocycles. The zero-order chi connectivity index (χ0) is 15.9. The fourth-order valence-electron chi connectivity index (χ4n) is 1.43. The Bertz CT molecular complexity index is 252. The van der Waals surface area contributed by atoms with Gasteiger partial charge < -0.3 is 30.1 Å². The van der Waals surface area contributed by atoms with Crippen molar-refractivity contribution in [3.63, 3.8) is 0 Å². The van der Waals surface area contributed by atoms with Gasteiger partial charge in [-0.1, -0.05) is 13.3 Å². The molecule has 3 N–H and O–H groups in total. The van der Waals surface area contributed by atoms with Crippen LogP contribution in [0.2, 0.25) is 0 Å². The number of rotatable bonds is 13. The molecule has 126 valence electrons. The Morgan fingerprint density at radius 3 is 2.57 bits per heavy atom. The van der Waals surface area contributed by atoms with Gasteiger partial charge in [0.1, 0.15) is 0 Å². The summed E-state index contributed by atoms with van der Waals surface area (Å²) in [6.07, 6.45) is 1.64. The van der Waals surface area contributed by atoms with Gasteiger partial charge in [-0.25, -0.2) is 4.79 Å². The van der Waals surface area contributed by atoms with Crippen molar-refractivity contribution in [3.05, 3.63) is 0 Å². The van der Waals surface area contributed by atoms with Crippen LogP contribution in [0.15, 0.2) is 0 Å². The minimum atomic E-state index is -0.551. The molecule has 0 radical (unpaired) electrons. The SMILES string of the molecule is CCCCOCCOCC(O)CNCCNC(=O)N(C)C. The highest BCUT2D eigenvalue weighted by molar-refractivity contribution is 5.73. The molecule has 0 aliphatic carbocycles. The zero-order valence-corrected chi connectivity index (χ0v) is 13.6. The molecule has 0 saturated heterocycles. The van der Waals surface area contributed by atoms with Gasteiger partial charge in [-0.05, 0) is 6.42 Å². The smallest absolute Gasteiger partial charge is 0.316 e. The summed E-state index contributed by atoms with van der Waals surface area (Å²) in [6.45, 7) is 5.81. The maximum atomic E-state index is 11.2. The molecule has 0 aromatic heterocycles. The summed E-state index contributed by atoms with van der Waals surface area (Å²) in [5.41, 5.74) is 0. The summed E-state index contributed by atoms with van der Waals surface area (Å²) in [4.78, 5) is 12.7. The molecule has 0 heterocycles. The quantitative estimate of drug-likeness (QED) is 0.419. The van der Waals surface area contributed by atoms with Crippen LogP contribution in [0.3, 0.4) is 0 Å². The predicted octanol–water partition coefficient (Wildman–Crippen LogP) is 0.0414. The van der Waals surface area contributed by atoms with E-state index in [1.807, 2.05) is 0 Å². The molecule has 7 nitrogen and oxygen atoms in total. The first kappa shape index (κ1) is 20.1. The van der Waals surface area contributed by atoms with Gasteiger partial charge in [-0.2, -0.15) is 0 Å². The van der Waals surface area contributed by atoms with Gasteiger partial charge in [0, 0.05) is 40.3 Å². The van der Waals surface area contributed by atoms with E-state index < -0.39 is 6.10 Å². The number of ether oxygens (including phenoxy) is 2. The van der Waals surface area contributed by atoms with Crippen LogP contribution in [0.1, 0.15) is 19.8 Å². The zero-order valence-electron chi connectivity index (χ0n) is 13.6. The van der Waals surface area contributed by atoms with Crippen LogP contribution in [0, 0.1) is 0 Å². The molecule has 1 atom stereocenters. The number of nitrogens with zero attached hydrogens (tertiary/aromatic N) is 1. The Balaban J connectivity index is 3.27. The van der Waals surface area contributed by atoms with Gasteiger partial charge in [0.15, 0.2) is 0 Å². The lowest BCUT2D eigenvalue weighted by atomic mass is 10.3. The second-order valence-corrected chi connectivity index (χ2v) is 5.03. The van der Waals surface area contributed by atoms with Gasteiger partial charge >= 0.3 is 6.03 Å². The van der Waals surface area contributed by atoms with Crippen LogP contribution in [0.25, 0.3) is 0 Å². The number of aliphatic hydroxyl groups is 1. The number of amides is 2. The van der Waals surface area contributed by atoms with E-state index in [0.29, 0.717) is 32.8 Å². The monoisotopic (exact) mass is 305 g/mol. The van der Waals surface area contributed by atoms with Gasteiger partial charge in [0.05, 0.1) is 25.9 Å². The first-order valence-electron chi connectivity index (χ1n) is 7.57. The molecular formula is C14H31N3O4. The third-order valence-electron chi connectivity index (χ3n) is 2.69. The Hall–Kier alpha value is -0.890. The van der Waals surface area contributed by atoms with Crippen molar-refractivity contribution >= 4 is 6.03 Å². The Morgan fingerprint density at radius 1 is 1.19 bits per heavy atom. The summed E-state index contributed by atoms with van der Waals surface area (Å²) < 4.78 is 10.7. The second-order valence-electron chi connectivity index (χ2n) is 5.03. The minimum absolute atomic E-state index is 0.122. The van der Waals surface area contributed by atoms with Crippen LogP contribution in [-0.4, -0.2) is 82.3 Å². The molecule has 2 amide bonds. The largest absolute Gasteiger partial charge is 0.389 e. The summed E-state index contributed by atoms with van der Waals surface area (Å²) in [6, 6.07) is -0.122. The molecule has 0 spiro atoms. The van der Waals surface area contributed by atoms with Crippen LogP contribution in [0.4, 0.5) is 4.79 Å². The highest BCUT2D eigenvalue weighted by atomic mass is 16.5. The lowest BCUT2D eigenvalue weighted by Crippen LogP contribution is -2.40. The minimum Gasteiger partial charge on any atom is -0.389 e.